The van der Waals surface area contributed by atoms with Crippen molar-refractivity contribution in [3.8, 4) is 0 Å². The van der Waals surface area contributed by atoms with Gasteiger partial charge in [-0.1, -0.05) is 17.7 Å². The van der Waals surface area contributed by atoms with Gasteiger partial charge in [0.2, 0.25) is 11.8 Å². The first-order valence-electron chi connectivity index (χ1n) is 6.61. The van der Waals surface area contributed by atoms with E-state index in [1.807, 2.05) is 0 Å². The van der Waals surface area contributed by atoms with Gasteiger partial charge in [0.1, 0.15) is 16.9 Å². The van der Waals surface area contributed by atoms with Crippen molar-refractivity contribution in [2.75, 3.05) is 7.05 Å². The third-order valence-corrected chi connectivity index (χ3v) is 4.60. The van der Waals surface area contributed by atoms with Crippen molar-refractivity contribution in [3.05, 3.63) is 34.1 Å². The lowest BCUT2D eigenvalue weighted by atomic mass is 9.87. The number of nitrogens with two attached hydrogens (primary N) is 1. The van der Waals surface area contributed by atoms with Crippen molar-refractivity contribution in [2.24, 2.45) is 5.73 Å². The van der Waals surface area contributed by atoms with E-state index in [0.29, 0.717) is 6.07 Å². The predicted octanol–water partition coefficient (Wildman–Crippen LogP) is 2.52. The number of alkyl halides is 3. The standard InChI is InChI=1S/C14H13ClF4N2O2/c1-21-9(22)4-5-13(21,12(20)23)6-7-2-3-8(16)10(11(7)15)14(17,18)19/h2-3H,4-6H2,1H3,(H2,20,23)/t13-/m1/s1. The van der Waals surface area contributed by atoms with Crippen LogP contribution in [0.2, 0.25) is 5.02 Å². The molecule has 2 rings (SSSR count). The van der Waals surface area contributed by atoms with Crippen LogP contribution in [0.25, 0.3) is 0 Å². The van der Waals surface area contributed by atoms with Crippen LogP contribution in [0.3, 0.4) is 0 Å². The summed E-state index contributed by atoms with van der Waals surface area (Å²) in [6, 6.07) is 1.70. The molecule has 0 aromatic heterocycles. The lowest BCUT2D eigenvalue weighted by Gasteiger charge is -2.33. The Kier molecular flexibility index (Phi) is 4.32. The highest BCUT2D eigenvalue weighted by Crippen LogP contribution is 2.41. The van der Waals surface area contributed by atoms with Gasteiger partial charge in [0.15, 0.2) is 0 Å². The minimum atomic E-state index is -4.98. The second kappa shape index (κ2) is 5.67. The average molecular weight is 353 g/mol. The van der Waals surface area contributed by atoms with Gasteiger partial charge < -0.3 is 10.6 Å². The fraction of sp³-hybridized carbons (Fsp3) is 0.429. The molecule has 4 nitrogen and oxygen atoms in total. The highest BCUT2D eigenvalue weighted by molar-refractivity contribution is 6.32. The lowest BCUT2D eigenvalue weighted by Crippen LogP contribution is -2.54. The fourth-order valence-electron chi connectivity index (χ4n) is 2.78. The number of rotatable bonds is 3. The molecular weight excluding hydrogens is 340 g/mol. The molecule has 1 aromatic rings. The Bertz CT molecular complexity index is 677. The summed E-state index contributed by atoms with van der Waals surface area (Å²) in [5.41, 5.74) is 2.20. The van der Waals surface area contributed by atoms with E-state index in [0.717, 1.165) is 11.0 Å². The first-order chi connectivity index (χ1) is 10.5. The van der Waals surface area contributed by atoms with Gasteiger partial charge in [-0.25, -0.2) is 4.39 Å². The summed E-state index contributed by atoms with van der Waals surface area (Å²) in [4.78, 5) is 24.6. The molecule has 0 radical (unpaired) electrons. The van der Waals surface area contributed by atoms with Gasteiger partial charge in [-0.2, -0.15) is 13.2 Å². The molecule has 1 aliphatic rings. The lowest BCUT2D eigenvalue weighted by molar-refractivity contribution is -0.140. The van der Waals surface area contributed by atoms with Gasteiger partial charge in [0, 0.05) is 19.9 Å². The third kappa shape index (κ3) is 2.87. The average Bonchev–Trinajstić information content (AvgIpc) is 2.70. The molecule has 0 aliphatic carbocycles. The number of halogens is 5. The minimum absolute atomic E-state index is 0.0460. The third-order valence-electron chi connectivity index (χ3n) is 4.16. The molecule has 0 bridgehead atoms. The van der Waals surface area contributed by atoms with E-state index < -0.39 is 34.0 Å². The number of carbonyl (C=O) groups excluding carboxylic acids is 2. The van der Waals surface area contributed by atoms with Crippen LogP contribution in [0, 0.1) is 5.82 Å². The summed E-state index contributed by atoms with van der Waals surface area (Å²) < 4.78 is 52.2. The summed E-state index contributed by atoms with van der Waals surface area (Å²) in [5.74, 6) is -2.70. The summed E-state index contributed by atoms with van der Waals surface area (Å²) in [6.07, 6.45) is -5.18. The summed E-state index contributed by atoms with van der Waals surface area (Å²) in [6.45, 7) is 0. The van der Waals surface area contributed by atoms with E-state index in [9.17, 15) is 27.2 Å². The van der Waals surface area contributed by atoms with Crippen molar-refractivity contribution in [1.29, 1.82) is 0 Å². The number of hydrogen-bond donors (Lipinski definition) is 1. The van der Waals surface area contributed by atoms with Gasteiger partial charge >= 0.3 is 6.18 Å². The largest absolute Gasteiger partial charge is 0.420 e. The van der Waals surface area contributed by atoms with Gasteiger partial charge in [0.25, 0.3) is 0 Å². The van der Waals surface area contributed by atoms with Crippen molar-refractivity contribution in [3.63, 3.8) is 0 Å². The zero-order chi connectivity index (χ0) is 17.6. The maximum absolute atomic E-state index is 13.5. The number of amides is 2. The Balaban J connectivity index is 2.52. The Morgan fingerprint density at radius 1 is 1.43 bits per heavy atom. The van der Waals surface area contributed by atoms with Crippen LogP contribution >= 0.6 is 11.6 Å². The molecule has 23 heavy (non-hydrogen) atoms. The van der Waals surface area contributed by atoms with Gasteiger partial charge in [0.05, 0.1) is 5.02 Å². The smallest absolute Gasteiger partial charge is 0.368 e. The summed E-state index contributed by atoms with van der Waals surface area (Å²) >= 11 is 5.71. The Hall–Kier alpha value is -1.83. The van der Waals surface area contributed by atoms with E-state index in [2.05, 4.69) is 0 Å². The first-order valence-corrected chi connectivity index (χ1v) is 6.99. The molecule has 1 saturated heterocycles. The van der Waals surface area contributed by atoms with E-state index in [4.69, 9.17) is 17.3 Å². The molecule has 1 aliphatic heterocycles. The van der Waals surface area contributed by atoms with Gasteiger partial charge in [-0.05, 0) is 18.1 Å². The molecule has 1 atom stereocenters. The monoisotopic (exact) mass is 352 g/mol. The number of primary amides is 1. The molecule has 0 unspecified atom stereocenters. The number of hydrogen-bond acceptors (Lipinski definition) is 2. The number of nitrogens with zero attached hydrogens (tertiary/aromatic N) is 1. The molecule has 2 amide bonds. The predicted molar refractivity (Wildman–Crippen MR) is 74.0 cm³/mol. The van der Waals surface area contributed by atoms with Gasteiger partial charge in [-0.3, -0.25) is 9.59 Å². The Morgan fingerprint density at radius 2 is 2.04 bits per heavy atom. The van der Waals surface area contributed by atoms with E-state index in [1.165, 1.54) is 7.05 Å². The Morgan fingerprint density at radius 3 is 2.48 bits per heavy atom. The molecule has 2 N–H and O–H groups in total. The molecule has 1 fully saturated rings. The SMILES string of the molecule is CN1C(=O)CC[C@@]1(Cc1ccc(F)c(C(F)(F)F)c1Cl)C(N)=O. The van der Waals surface area contributed by atoms with Crippen LogP contribution < -0.4 is 5.73 Å². The van der Waals surface area contributed by atoms with Crippen LogP contribution in [0.4, 0.5) is 17.6 Å². The quantitative estimate of drug-likeness (QED) is 0.850. The van der Waals surface area contributed by atoms with Crippen LogP contribution in [0.5, 0.6) is 0 Å². The van der Waals surface area contributed by atoms with Gasteiger partial charge in [-0.15, -0.1) is 0 Å². The highest BCUT2D eigenvalue weighted by atomic mass is 35.5. The van der Waals surface area contributed by atoms with Crippen molar-refractivity contribution < 1.29 is 27.2 Å². The molecule has 0 spiro atoms. The second-order valence-corrected chi connectivity index (χ2v) is 5.80. The summed E-state index contributed by atoms with van der Waals surface area (Å²) in [7, 11) is 1.35. The molecule has 9 heteroatoms. The number of carbonyl (C=O) groups is 2. The Labute approximate surface area is 134 Å². The molecule has 1 heterocycles. The molecule has 1 aromatic carbocycles. The van der Waals surface area contributed by atoms with Crippen LogP contribution in [0.15, 0.2) is 12.1 Å². The van der Waals surface area contributed by atoms with Crippen LogP contribution in [0.1, 0.15) is 24.0 Å². The van der Waals surface area contributed by atoms with Crippen LogP contribution in [-0.2, 0) is 22.2 Å². The first kappa shape index (κ1) is 17.5. The maximum Gasteiger partial charge on any atom is 0.420 e. The van der Waals surface area contributed by atoms with Crippen molar-refractivity contribution in [2.45, 2.75) is 31.0 Å². The minimum Gasteiger partial charge on any atom is -0.368 e. The van der Waals surface area contributed by atoms with E-state index in [-0.39, 0.29) is 30.7 Å². The van der Waals surface area contributed by atoms with Crippen molar-refractivity contribution in [1.82, 2.24) is 4.90 Å². The summed E-state index contributed by atoms with van der Waals surface area (Å²) in [5, 5.41) is -0.828. The normalized spacial score (nSPS) is 21.8. The highest BCUT2D eigenvalue weighted by Gasteiger charge is 2.49. The topological polar surface area (TPSA) is 63.4 Å². The van der Waals surface area contributed by atoms with E-state index in [1.54, 1.807) is 0 Å². The van der Waals surface area contributed by atoms with Crippen molar-refractivity contribution >= 4 is 23.4 Å². The van der Waals surface area contributed by atoms with E-state index >= 15 is 0 Å². The molecule has 126 valence electrons. The van der Waals surface area contributed by atoms with Crippen LogP contribution in [-0.4, -0.2) is 29.3 Å². The fourth-order valence-corrected chi connectivity index (χ4v) is 3.10. The zero-order valence-corrected chi connectivity index (χ0v) is 12.8. The second-order valence-electron chi connectivity index (χ2n) is 5.42. The number of likely N-dealkylation sites (N-methyl/N-ethyl adjacent to an activating group) is 1. The number of benzene rings is 1. The molecular formula is C14H13ClF4N2O2. The maximum atomic E-state index is 13.5. The molecule has 0 saturated carbocycles. The number of likely N-dealkylation sites (tertiary alicyclic amines) is 1. The zero-order valence-electron chi connectivity index (χ0n) is 12.0.